The molecule has 14 heteroatoms. The van der Waals surface area contributed by atoms with Crippen molar-refractivity contribution in [2.75, 3.05) is 11.9 Å². The highest BCUT2D eigenvalue weighted by molar-refractivity contribution is 9.10. The van der Waals surface area contributed by atoms with E-state index >= 15 is 0 Å². The van der Waals surface area contributed by atoms with Gasteiger partial charge in [-0.15, -0.1) is 0 Å². The molecular formula is C34H34BrN9O4. The summed E-state index contributed by atoms with van der Waals surface area (Å²) in [4.78, 5) is 72.5. The van der Waals surface area contributed by atoms with Crippen molar-refractivity contribution in [3.8, 4) is 11.1 Å². The minimum atomic E-state index is -0.794. The molecule has 246 valence electrons. The number of carbonyl (C=O) groups is 4. The molecule has 0 radical (unpaired) electrons. The smallest absolute Gasteiger partial charge is 0.248 e. The molecule has 7 rings (SSSR count). The molecule has 2 fully saturated rings. The number of benzene rings is 1. The molecule has 1 saturated heterocycles. The number of nitrogens with one attached hydrogen (secondary N) is 2. The quantitative estimate of drug-likeness (QED) is 0.236. The predicted molar refractivity (Wildman–Crippen MR) is 180 cm³/mol. The van der Waals surface area contributed by atoms with Crippen LogP contribution in [0.15, 0.2) is 53.7 Å². The number of hydrogen-bond donors (Lipinski definition) is 2. The van der Waals surface area contributed by atoms with Gasteiger partial charge in [0.05, 0.1) is 17.9 Å². The average molecular weight is 713 g/mol. The van der Waals surface area contributed by atoms with E-state index in [4.69, 9.17) is 5.10 Å². The first-order valence-corrected chi connectivity index (χ1v) is 16.8. The zero-order valence-electron chi connectivity index (χ0n) is 26.6. The molecule has 1 aromatic carbocycles. The molecule has 3 aromatic heterocycles. The van der Waals surface area contributed by atoms with Gasteiger partial charge >= 0.3 is 0 Å². The normalized spacial score (nSPS) is 23.3. The van der Waals surface area contributed by atoms with Gasteiger partial charge in [0, 0.05) is 54.7 Å². The maximum absolute atomic E-state index is 14.3. The Hall–Kier alpha value is -4.85. The maximum atomic E-state index is 14.3. The summed E-state index contributed by atoms with van der Waals surface area (Å²) in [6, 6.07) is 2.90. The van der Waals surface area contributed by atoms with Crippen molar-refractivity contribution < 1.29 is 19.2 Å². The number of aromatic nitrogens is 6. The van der Waals surface area contributed by atoms with Crippen LogP contribution in [-0.2, 0) is 27.3 Å². The van der Waals surface area contributed by atoms with Gasteiger partial charge in [-0.25, -0.2) is 15.0 Å². The number of ketones is 1. The van der Waals surface area contributed by atoms with E-state index in [1.54, 1.807) is 22.0 Å². The fraction of sp³-hybridized carbons (Fsp3) is 0.382. The minimum Gasteiger partial charge on any atom is -0.355 e. The Kier molecular flexibility index (Phi) is 8.36. The molecule has 3 aliphatic rings. The third kappa shape index (κ3) is 6.12. The molecule has 0 spiro atoms. The Labute approximate surface area is 284 Å². The van der Waals surface area contributed by atoms with Crippen molar-refractivity contribution in [3.05, 3.63) is 70.8 Å². The number of hydrogen-bond acceptors (Lipinski definition) is 9. The number of amides is 3. The van der Waals surface area contributed by atoms with E-state index in [2.05, 4.69) is 52.6 Å². The lowest BCUT2D eigenvalue weighted by Gasteiger charge is -2.27. The largest absolute Gasteiger partial charge is 0.355 e. The van der Waals surface area contributed by atoms with Crippen molar-refractivity contribution in [2.24, 2.45) is 5.41 Å². The second kappa shape index (κ2) is 12.6. The summed E-state index contributed by atoms with van der Waals surface area (Å²) in [5, 5.41) is 11.2. The van der Waals surface area contributed by atoms with E-state index in [1.807, 2.05) is 25.1 Å². The topological polar surface area (TPSA) is 165 Å². The van der Waals surface area contributed by atoms with Crippen LogP contribution < -0.4 is 10.6 Å². The van der Waals surface area contributed by atoms with Gasteiger partial charge in [0.1, 0.15) is 28.7 Å². The molecule has 0 unspecified atom stereocenters. The number of nitrogens with zero attached hydrogens (tertiary/aromatic N) is 7. The summed E-state index contributed by atoms with van der Waals surface area (Å²) < 4.78 is 2.06. The van der Waals surface area contributed by atoms with E-state index in [0.29, 0.717) is 60.0 Å². The lowest BCUT2D eigenvalue weighted by Crippen LogP contribution is -2.46. The van der Waals surface area contributed by atoms with E-state index in [9.17, 15) is 19.2 Å². The molecule has 2 bridgehead atoms. The van der Waals surface area contributed by atoms with Gasteiger partial charge < -0.3 is 15.5 Å². The Morgan fingerprint density at radius 2 is 1.88 bits per heavy atom. The summed E-state index contributed by atoms with van der Waals surface area (Å²) >= 11 is 3.28. The van der Waals surface area contributed by atoms with E-state index in [1.165, 1.54) is 19.3 Å². The summed E-state index contributed by atoms with van der Waals surface area (Å²) in [6.45, 7) is 3.49. The highest BCUT2D eigenvalue weighted by Gasteiger charge is 2.67. The fourth-order valence-electron chi connectivity index (χ4n) is 7.00. The van der Waals surface area contributed by atoms with Gasteiger partial charge in [-0.05, 0) is 78.2 Å². The molecule has 3 amide bonds. The third-order valence-electron chi connectivity index (χ3n) is 9.44. The van der Waals surface area contributed by atoms with E-state index in [0.717, 1.165) is 23.1 Å². The van der Waals surface area contributed by atoms with Crippen LogP contribution in [0.2, 0.25) is 0 Å². The first kappa shape index (κ1) is 31.7. The SMILES string of the molecule is CC(=O)c1nn2c3c(cc(-c4cnc(C)nc4)cc13)C/C=C\CCCC(=O)NC[C@@]13C[C@@H](C(=O)Nc4cncc(Br)n4)N(C(=O)C2)[C@@H]1C3. The Bertz CT molecular complexity index is 1990. The number of piperidine rings is 1. The fourth-order valence-corrected chi connectivity index (χ4v) is 7.31. The molecule has 4 aromatic rings. The molecule has 3 atom stereocenters. The van der Waals surface area contributed by atoms with E-state index in [-0.39, 0.29) is 47.6 Å². The van der Waals surface area contributed by atoms with Crippen molar-refractivity contribution in [1.29, 1.82) is 0 Å². The zero-order valence-corrected chi connectivity index (χ0v) is 28.2. The highest BCUT2D eigenvalue weighted by atomic mass is 79.9. The maximum Gasteiger partial charge on any atom is 0.248 e. The van der Waals surface area contributed by atoms with Crippen LogP contribution in [0.4, 0.5) is 5.82 Å². The van der Waals surface area contributed by atoms with E-state index < -0.39 is 11.5 Å². The van der Waals surface area contributed by atoms with Gasteiger partial charge in [0.2, 0.25) is 17.7 Å². The van der Waals surface area contributed by atoms with Crippen molar-refractivity contribution >= 4 is 56.2 Å². The number of carbonyl (C=O) groups excluding carboxylic acids is 4. The Balaban J connectivity index is 1.30. The van der Waals surface area contributed by atoms with Crippen molar-refractivity contribution in [1.82, 2.24) is 39.9 Å². The molecule has 13 nitrogen and oxygen atoms in total. The first-order valence-electron chi connectivity index (χ1n) is 16.0. The number of Topliss-reactive ketones (excluding diaryl/α,β-unsaturated/α-hetero) is 1. The molecular weight excluding hydrogens is 678 g/mol. The van der Waals surface area contributed by atoms with Crippen LogP contribution in [0.5, 0.6) is 0 Å². The summed E-state index contributed by atoms with van der Waals surface area (Å²) in [5.74, 6) is -0.0429. The Morgan fingerprint density at radius 3 is 2.65 bits per heavy atom. The summed E-state index contributed by atoms with van der Waals surface area (Å²) in [6.07, 6.45) is 13.9. The van der Waals surface area contributed by atoms with Crippen LogP contribution in [0.1, 0.15) is 60.9 Å². The minimum absolute atomic E-state index is 0.0467. The average Bonchev–Trinajstić information content (AvgIpc) is 3.46. The molecule has 1 saturated carbocycles. The number of anilines is 1. The van der Waals surface area contributed by atoms with Gasteiger partial charge in [0.25, 0.3) is 0 Å². The lowest BCUT2D eigenvalue weighted by atomic mass is 9.98. The van der Waals surface area contributed by atoms with Crippen LogP contribution in [-0.4, -0.2) is 76.7 Å². The van der Waals surface area contributed by atoms with Gasteiger partial charge in [-0.1, -0.05) is 12.2 Å². The molecule has 5 heterocycles. The lowest BCUT2D eigenvalue weighted by molar-refractivity contribution is -0.138. The molecule has 1 aliphatic carbocycles. The second-order valence-electron chi connectivity index (χ2n) is 12.8. The number of allylic oxidation sites excluding steroid dienone is 2. The highest BCUT2D eigenvalue weighted by Crippen LogP contribution is 2.59. The standard InChI is InChI=1S/C34H34BrN9O4/c1-19(45)31-24-10-22(23-13-37-20(2)38-14-23)9-21-7-5-3-4-6-8-29(46)39-18-34-11-25(33(48)41-28-16-36-15-27(35)40-28)44(26(34)12-34)30(47)17-43(42-31)32(21)24/h3,5,9-10,13-16,25-26H,4,6-8,11-12,17-18H2,1-2H3,(H,39,46)(H,40,41,48)/b5-3-/t25-,26+,34-/m0/s1. The molecule has 48 heavy (non-hydrogen) atoms. The summed E-state index contributed by atoms with van der Waals surface area (Å²) in [7, 11) is 0. The van der Waals surface area contributed by atoms with Crippen molar-refractivity contribution in [2.45, 2.75) is 71.0 Å². The van der Waals surface area contributed by atoms with Gasteiger partial charge in [-0.2, -0.15) is 5.10 Å². The van der Waals surface area contributed by atoms with Crippen LogP contribution in [0.3, 0.4) is 0 Å². The van der Waals surface area contributed by atoms with Gasteiger partial charge in [-0.3, -0.25) is 28.8 Å². The van der Waals surface area contributed by atoms with Crippen molar-refractivity contribution in [3.63, 3.8) is 0 Å². The summed E-state index contributed by atoms with van der Waals surface area (Å²) in [5.41, 5.74) is 3.04. The number of rotatable bonds is 4. The predicted octanol–water partition coefficient (Wildman–Crippen LogP) is 3.95. The second-order valence-corrected chi connectivity index (χ2v) is 13.6. The Morgan fingerprint density at radius 1 is 1.06 bits per heavy atom. The molecule has 2 N–H and O–H groups in total. The monoisotopic (exact) mass is 711 g/mol. The van der Waals surface area contributed by atoms with Crippen LogP contribution >= 0.6 is 15.9 Å². The molecule has 2 aliphatic heterocycles. The third-order valence-corrected chi connectivity index (χ3v) is 9.82. The van der Waals surface area contributed by atoms with Gasteiger partial charge in [0.15, 0.2) is 11.6 Å². The zero-order chi connectivity index (χ0) is 33.6. The van der Waals surface area contributed by atoms with Crippen LogP contribution in [0.25, 0.3) is 22.0 Å². The van der Waals surface area contributed by atoms with Crippen LogP contribution in [0, 0.1) is 12.3 Å². The first-order chi connectivity index (χ1) is 23.1. The number of halogens is 1. The number of aryl methyl sites for hydroxylation is 1.